The van der Waals surface area contributed by atoms with Crippen molar-refractivity contribution in [1.29, 1.82) is 0 Å². The van der Waals surface area contributed by atoms with E-state index >= 15 is 0 Å². The van der Waals surface area contributed by atoms with Gasteiger partial charge in [-0.05, 0) is 93.0 Å². The van der Waals surface area contributed by atoms with Crippen LogP contribution in [-0.2, 0) is 14.7 Å². The number of phenols is 1. The van der Waals surface area contributed by atoms with Crippen LogP contribution >= 0.6 is 0 Å². The molecule has 0 heterocycles. The van der Waals surface area contributed by atoms with Crippen LogP contribution < -0.4 is 0 Å². The number of hydrogen-bond donors (Lipinski definition) is 1. The third-order valence-electron chi connectivity index (χ3n) is 4.52. The van der Waals surface area contributed by atoms with Crippen LogP contribution in [0.2, 0.25) is 51.9 Å². The molecule has 0 aromatic heterocycles. The zero-order valence-corrected chi connectivity index (χ0v) is 22.4. The molecule has 0 saturated carbocycles. The maximum Gasteiger partial charge on any atom is 0.314 e. The number of benzene rings is 2. The molecule has 0 fully saturated rings. The van der Waals surface area contributed by atoms with Crippen molar-refractivity contribution < 1.29 is 13.3 Å². The summed E-state index contributed by atoms with van der Waals surface area (Å²) in [6, 6.07) is 17.2. The first-order valence-corrected chi connectivity index (χ1v) is 19.9. The van der Waals surface area contributed by atoms with E-state index in [1.165, 1.54) is 5.56 Å². The van der Waals surface area contributed by atoms with Gasteiger partial charge in [-0.3, -0.25) is 0 Å². The highest BCUT2D eigenvalue weighted by Crippen LogP contribution is 2.32. The second-order valence-electron chi connectivity index (χ2n) is 10.3. The Morgan fingerprint density at radius 2 is 1.34 bits per heavy atom. The van der Waals surface area contributed by atoms with Gasteiger partial charge >= 0.3 is 8.56 Å². The Labute approximate surface area is 180 Å². The van der Waals surface area contributed by atoms with Gasteiger partial charge in [-0.1, -0.05) is 43.3 Å². The van der Waals surface area contributed by atoms with Crippen molar-refractivity contribution in [2.75, 3.05) is 0 Å². The van der Waals surface area contributed by atoms with Crippen LogP contribution in [-0.4, -0.2) is 30.3 Å². The maximum atomic E-state index is 10.5. The van der Waals surface area contributed by atoms with E-state index in [0.717, 1.165) is 23.6 Å². The lowest BCUT2D eigenvalue weighted by Gasteiger charge is -2.39. The molecule has 2 aromatic rings. The van der Waals surface area contributed by atoms with Crippen LogP contribution in [0, 0.1) is 5.92 Å². The third kappa shape index (κ3) is 8.22. The fraction of sp³-hybridized carbons (Fsp3) is 0.478. The van der Waals surface area contributed by atoms with E-state index in [0.29, 0.717) is 11.7 Å². The van der Waals surface area contributed by atoms with Gasteiger partial charge in [0.05, 0.1) is 0 Å². The first-order chi connectivity index (χ1) is 13.3. The molecular formula is C23H38O3Si3. The largest absolute Gasteiger partial charge is 0.508 e. The molecule has 1 atom stereocenters. The zero-order chi connectivity index (χ0) is 21.9. The summed E-state index contributed by atoms with van der Waals surface area (Å²) in [5, 5.41) is 10.5. The van der Waals surface area contributed by atoms with Gasteiger partial charge in [-0.25, -0.2) is 0 Å². The molecule has 0 saturated heterocycles. The van der Waals surface area contributed by atoms with Gasteiger partial charge < -0.3 is 13.3 Å². The van der Waals surface area contributed by atoms with E-state index in [-0.39, 0.29) is 0 Å². The van der Waals surface area contributed by atoms with Crippen molar-refractivity contribution in [3.63, 3.8) is 0 Å². The molecule has 2 rings (SSSR count). The molecule has 6 heteroatoms. The first kappa shape index (κ1) is 24.1. The summed E-state index contributed by atoms with van der Waals surface area (Å²) >= 11 is 0. The van der Waals surface area contributed by atoms with E-state index in [4.69, 9.17) is 8.23 Å². The second kappa shape index (κ2) is 9.31. The highest BCUT2D eigenvalue weighted by atomic mass is 28.5. The zero-order valence-electron chi connectivity index (χ0n) is 19.4. The summed E-state index contributed by atoms with van der Waals surface area (Å²) in [4.78, 5) is 0. The van der Waals surface area contributed by atoms with Crippen LogP contribution in [0.4, 0.5) is 0 Å². The fourth-order valence-corrected chi connectivity index (χ4v) is 17.0. The third-order valence-corrected chi connectivity index (χ3v) is 14.3. The lowest BCUT2D eigenvalue weighted by Crippen LogP contribution is -2.53. The minimum Gasteiger partial charge on any atom is -0.508 e. The number of aromatic hydroxyl groups is 1. The summed E-state index contributed by atoms with van der Waals surface area (Å²) in [7, 11) is -5.70. The SMILES string of the molecule is CC(Cc1cc(-c2ccccc2)ccc1O)C[Si](C)(O[Si](C)(C)C)O[Si](C)(C)C. The molecule has 1 N–H and O–H groups in total. The Kier molecular flexibility index (Phi) is 7.73. The smallest absolute Gasteiger partial charge is 0.314 e. The van der Waals surface area contributed by atoms with Gasteiger partial charge in [-0.2, -0.15) is 0 Å². The lowest BCUT2D eigenvalue weighted by atomic mass is 9.97. The summed E-state index contributed by atoms with van der Waals surface area (Å²) in [5.41, 5.74) is 3.31. The van der Waals surface area contributed by atoms with Gasteiger partial charge in [0.15, 0.2) is 16.6 Å². The molecule has 0 aliphatic carbocycles. The summed E-state index contributed by atoms with van der Waals surface area (Å²) in [5.74, 6) is 0.744. The van der Waals surface area contributed by atoms with E-state index in [1.54, 1.807) is 0 Å². The van der Waals surface area contributed by atoms with Crippen molar-refractivity contribution in [3.8, 4) is 16.9 Å². The van der Waals surface area contributed by atoms with Crippen molar-refractivity contribution in [1.82, 2.24) is 0 Å². The van der Waals surface area contributed by atoms with E-state index in [9.17, 15) is 5.11 Å². The van der Waals surface area contributed by atoms with Crippen LogP contribution in [0.15, 0.2) is 48.5 Å². The monoisotopic (exact) mass is 446 g/mol. The minimum atomic E-state index is -2.29. The van der Waals surface area contributed by atoms with Crippen LogP contribution in [0.5, 0.6) is 5.75 Å². The molecule has 3 nitrogen and oxygen atoms in total. The standard InChI is InChI=1S/C23H38O3Si3/c1-19(18-29(8,25-27(2,3)4)26-28(5,6)7)16-22-17-21(14-15-23(22)24)20-12-10-9-11-13-20/h9-15,17,19,24H,16,18H2,1-8H3. The highest BCUT2D eigenvalue weighted by molar-refractivity contribution is 6.87. The minimum absolute atomic E-state index is 0.372. The van der Waals surface area contributed by atoms with Crippen molar-refractivity contribution in [3.05, 3.63) is 54.1 Å². The molecule has 0 radical (unpaired) electrons. The van der Waals surface area contributed by atoms with E-state index in [1.807, 2.05) is 30.3 Å². The Hall–Kier alpha value is -1.19. The topological polar surface area (TPSA) is 38.7 Å². The number of hydrogen-bond acceptors (Lipinski definition) is 3. The first-order valence-electron chi connectivity index (χ1n) is 10.5. The van der Waals surface area contributed by atoms with Gasteiger partial charge in [0.2, 0.25) is 0 Å². The summed E-state index contributed by atoms with van der Waals surface area (Å²) < 4.78 is 13.3. The van der Waals surface area contributed by atoms with Gasteiger partial charge in [0, 0.05) is 0 Å². The Morgan fingerprint density at radius 3 is 1.86 bits per heavy atom. The van der Waals surface area contributed by atoms with Gasteiger partial charge in [0.25, 0.3) is 0 Å². The average Bonchev–Trinajstić information content (AvgIpc) is 2.53. The van der Waals surface area contributed by atoms with Crippen LogP contribution in [0.25, 0.3) is 11.1 Å². The molecule has 1 unspecified atom stereocenters. The molecule has 2 aromatic carbocycles. The predicted octanol–water partition coefficient (Wildman–Crippen LogP) is 7.01. The maximum absolute atomic E-state index is 10.5. The molecule has 0 aliphatic heterocycles. The van der Waals surface area contributed by atoms with E-state index in [2.05, 4.69) is 71.0 Å². The van der Waals surface area contributed by atoms with E-state index < -0.39 is 25.2 Å². The second-order valence-corrected chi connectivity index (χ2v) is 23.0. The molecule has 29 heavy (non-hydrogen) atoms. The molecule has 0 spiro atoms. The van der Waals surface area contributed by atoms with Crippen molar-refractivity contribution >= 4 is 25.2 Å². The number of phenolic OH excluding ortho intramolecular Hbond substituents is 1. The lowest BCUT2D eigenvalue weighted by molar-refractivity contribution is 0.368. The van der Waals surface area contributed by atoms with Crippen molar-refractivity contribution in [2.24, 2.45) is 5.92 Å². The van der Waals surface area contributed by atoms with Crippen LogP contribution in [0.3, 0.4) is 0 Å². The Balaban J connectivity index is 2.20. The normalized spacial score (nSPS) is 14.1. The van der Waals surface area contributed by atoms with Gasteiger partial charge in [0.1, 0.15) is 5.75 Å². The Bertz CT molecular complexity index is 779. The number of rotatable bonds is 9. The molecular weight excluding hydrogens is 409 g/mol. The van der Waals surface area contributed by atoms with Crippen LogP contribution in [0.1, 0.15) is 12.5 Å². The quantitative estimate of drug-likeness (QED) is 0.421. The van der Waals surface area contributed by atoms with Gasteiger partial charge in [-0.15, -0.1) is 0 Å². The molecule has 160 valence electrons. The summed E-state index contributed by atoms with van der Waals surface area (Å²) in [6.45, 7) is 17.9. The fourth-order valence-electron chi connectivity index (χ4n) is 4.04. The summed E-state index contributed by atoms with van der Waals surface area (Å²) in [6.07, 6.45) is 0.819. The average molecular weight is 447 g/mol. The molecule has 0 bridgehead atoms. The molecule has 0 aliphatic rings. The highest BCUT2D eigenvalue weighted by Gasteiger charge is 2.41. The molecule has 0 amide bonds. The predicted molar refractivity (Wildman–Crippen MR) is 132 cm³/mol. The van der Waals surface area contributed by atoms with Crippen molar-refractivity contribution in [2.45, 2.75) is 65.2 Å². The Morgan fingerprint density at radius 1 is 0.793 bits per heavy atom.